The van der Waals surface area contributed by atoms with Crippen LogP contribution in [0.4, 0.5) is 5.69 Å². The van der Waals surface area contributed by atoms with Crippen LogP contribution in [0.1, 0.15) is 42.2 Å². The van der Waals surface area contributed by atoms with E-state index >= 15 is 0 Å². The maximum Gasteiger partial charge on any atom is 0.343 e. The molecule has 10 nitrogen and oxygen atoms in total. The molecular formula is C35H27N3O7S. The fourth-order valence-electron chi connectivity index (χ4n) is 4.09. The Hall–Kier alpha value is -6.07. The molecule has 5 aromatic rings. The third-order valence-corrected chi connectivity index (χ3v) is 7.91. The molecule has 0 bridgehead atoms. The summed E-state index contributed by atoms with van der Waals surface area (Å²) >= 11 is 0. The Kier molecular flexibility index (Phi) is 9.64. The van der Waals surface area contributed by atoms with Crippen molar-refractivity contribution < 1.29 is 32.3 Å². The minimum absolute atomic E-state index is 0.0374. The highest BCUT2D eigenvalue weighted by Gasteiger charge is 2.16. The second-order valence-electron chi connectivity index (χ2n) is 9.91. The molecule has 2 N–H and O–H groups in total. The smallest absolute Gasteiger partial charge is 0.343 e. The highest BCUT2D eigenvalue weighted by Crippen LogP contribution is 2.26. The normalized spacial score (nSPS) is 11.1. The fraction of sp³-hybridized carbons (Fsp3) is 0.0286. The molecule has 0 saturated heterocycles. The summed E-state index contributed by atoms with van der Waals surface area (Å²) in [6.45, 7) is 1.86. The van der Waals surface area contributed by atoms with Crippen molar-refractivity contribution in [3.8, 4) is 11.5 Å². The zero-order chi connectivity index (χ0) is 32.5. The fourth-order valence-corrected chi connectivity index (χ4v) is 5.15. The number of rotatable bonds is 10. The minimum Gasteiger partial charge on any atom is -0.423 e. The van der Waals surface area contributed by atoms with Crippen molar-refractivity contribution in [1.82, 2.24) is 5.43 Å². The van der Waals surface area contributed by atoms with Crippen molar-refractivity contribution in [3.63, 3.8) is 0 Å². The van der Waals surface area contributed by atoms with E-state index in [9.17, 15) is 22.8 Å². The molecule has 230 valence electrons. The molecular weight excluding hydrogens is 606 g/mol. The van der Waals surface area contributed by atoms with Crippen LogP contribution in [-0.2, 0) is 10.0 Å². The summed E-state index contributed by atoms with van der Waals surface area (Å²) in [4.78, 5) is 38.2. The molecule has 0 atom stereocenters. The molecule has 0 aliphatic rings. The number of hydrogen-bond donors (Lipinski definition) is 2. The van der Waals surface area contributed by atoms with Crippen LogP contribution in [0.25, 0.3) is 0 Å². The van der Waals surface area contributed by atoms with Gasteiger partial charge in [0.2, 0.25) is 0 Å². The van der Waals surface area contributed by atoms with Gasteiger partial charge in [-0.3, -0.25) is 9.52 Å². The van der Waals surface area contributed by atoms with Gasteiger partial charge in [-0.1, -0.05) is 54.1 Å². The molecule has 0 saturated carbocycles. The second-order valence-corrected chi connectivity index (χ2v) is 11.6. The first kappa shape index (κ1) is 31.4. The molecule has 1 amide bonds. The van der Waals surface area contributed by atoms with E-state index in [2.05, 4.69) is 15.2 Å². The lowest BCUT2D eigenvalue weighted by Crippen LogP contribution is -2.18. The zero-order valence-corrected chi connectivity index (χ0v) is 25.2. The number of hydrazone groups is 1. The monoisotopic (exact) mass is 633 g/mol. The van der Waals surface area contributed by atoms with Crippen molar-refractivity contribution in [1.29, 1.82) is 0 Å². The van der Waals surface area contributed by atoms with Gasteiger partial charge in [-0.2, -0.15) is 5.10 Å². The number of sulfonamides is 1. The molecule has 0 fully saturated rings. The number of amides is 1. The number of hydrogen-bond acceptors (Lipinski definition) is 8. The number of ether oxygens (including phenoxy) is 2. The van der Waals surface area contributed by atoms with Gasteiger partial charge in [-0.25, -0.2) is 23.4 Å². The van der Waals surface area contributed by atoms with Crippen LogP contribution in [0.5, 0.6) is 11.5 Å². The van der Waals surface area contributed by atoms with Crippen molar-refractivity contribution in [3.05, 3.63) is 155 Å². The quantitative estimate of drug-likeness (QED) is 0.0832. The number of benzene rings is 5. The average Bonchev–Trinajstić information content (AvgIpc) is 3.06. The third-order valence-electron chi connectivity index (χ3n) is 6.52. The van der Waals surface area contributed by atoms with Crippen LogP contribution in [0.2, 0.25) is 0 Å². The number of esters is 2. The Labute approximate surface area is 265 Å². The van der Waals surface area contributed by atoms with Gasteiger partial charge in [-0.05, 0) is 79.7 Å². The van der Waals surface area contributed by atoms with E-state index in [1.807, 2.05) is 6.92 Å². The van der Waals surface area contributed by atoms with Gasteiger partial charge in [0.1, 0.15) is 11.5 Å². The van der Waals surface area contributed by atoms with Crippen LogP contribution in [-0.4, -0.2) is 32.5 Å². The van der Waals surface area contributed by atoms with Crippen LogP contribution in [0.15, 0.2) is 137 Å². The molecule has 0 radical (unpaired) electrons. The summed E-state index contributed by atoms with van der Waals surface area (Å²) < 4.78 is 38.9. The van der Waals surface area contributed by atoms with Crippen molar-refractivity contribution in [2.75, 3.05) is 4.72 Å². The highest BCUT2D eigenvalue weighted by molar-refractivity contribution is 7.92. The number of carbonyl (C=O) groups excluding carboxylic acids is 3. The van der Waals surface area contributed by atoms with E-state index in [1.165, 1.54) is 60.8 Å². The SMILES string of the molecule is Cc1ccc(S(=O)(=O)Nc2ccc(C(=O)N/N=C\c3ccc(OC(=O)c4ccccc4)cc3OC(=O)c3ccccc3)cc2)cc1. The van der Waals surface area contributed by atoms with Crippen LogP contribution in [0.3, 0.4) is 0 Å². The zero-order valence-electron chi connectivity index (χ0n) is 24.4. The summed E-state index contributed by atoms with van der Waals surface area (Å²) in [5.74, 6) is -1.65. The largest absolute Gasteiger partial charge is 0.423 e. The average molecular weight is 634 g/mol. The van der Waals surface area contributed by atoms with E-state index in [0.717, 1.165) is 5.56 Å². The van der Waals surface area contributed by atoms with Crippen LogP contribution < -0.4 is 19.6 Å². The van der Waals surface area contributed by atoms with E-state index in [1.54, 1.807) is 72.8 Å². The molecule has 0 heterocycles. The predicted octanol–water partition coefficient (Wildman–Crippen LogP) is 6.00. The first-order valence-electron chi connectivity index (χ1n) is 13.9. The molecule has 5 aromatic carbocycles. The number of carbonyl (C=O) groups is 3. The predicted molar refractivity (Wildman–Crippen MR) is 173 cm³/mol. The lowest BCUT2D eigenvalue weighted by molar-refractivity contribution is 0.0731. The standard InChI is InChI=1S/C35H27N3O7S/c1-24-12-20-31(21-13-24)46(42,43)38-29-17-14-25(15-18-29)33(39)37-36-23-28-16-19-30(44-34(40)26-8-4-2-5-9-26)22-32(28)45-35(41)27-10-6-3-7-11-27/h2-23,38H,1H3,(H,37,39)/b36-23-. The Bertz CT molecular complexity index is 2000. The first-order valence-corrected chi connectivity index (χ1v) is 15.4. The topological polar surface area (TPSA) is 140 Å². The number of aryl methyl sites for hydroxylation is 1. The van der Waals surface area contributed by atoms with Gasteiger partial charge >= 0.3 is 11.9 Å². The second kappa shape index (κ2) is 14.1. The van der Waals surface area contributed by atoms with E-state index in [0.29, 0.717) is 16.7 Å². The highest BCUT2D eigenvalue weighted by atomic mass is 32.2. The first-order chi connectivity index (χ1) is 22.2. The van der Waals surface area contributed by atoms with E-state index in [4.69, 9.17) is 9.47 Å². The molecule has 0 aliphatic carbocycles. The van der Waals surface area contributed by atoms with Crippen molar-refractivity contribution >= 4 is 39.8 Å². The minimum atomic E-state index is -3.80. The van der Waals surface area contributed by atoms with Gasteiger partial charge in [0.15, 0.2) is 0 Å². The molecule has 46 heavy (non-hydrogen) atoms. The number of nitrogens with zero attached hydrogens (tertiary/aromatic N) is 1. The van der Waals surface area contributed by atoms with Gasteiger partial charge in [0.25, 0.3) is 15.9 Å². The maximum absolute atomic E-state index is 12.8. The summed E-state index contributed by atoms with van der Waals surface area (Å²) in [6.07, 6.45) is 1.28. The maximum atomic E-state index is 12.8. The summed E-state index contributed by atoms with van der Waals surface area (Å²) in [6, 6.07) is 33.4. The number of nitrogens with one attached hydrogen (secondary N) is 2. The van der Waals surface area contributed by atoms with Crippen LogP contribution >= 0.6 is 0 Å². The summed E-state index contributed by atoms with van der Waals surface area (Å²) in [5, 5.41) is 3.99. The lowest BCUT2D eigenvalue weighted by Gasteiger charge is -2.11. The van der Waals surface area contributed by atoms with Gasteiger partial charge < -0.3 is 9.47 Å². The van der Waals surface area contributed by atoms with E-state index in [-0.39, 0.29) is 27.6 Å². The summed E-state index contributed by atoms with van der Waals surface area (Å²) in [7, 11) is -3.80. The molecule has 11 heteroatoms. The van der Waals surface area contributed by atoms with Crippen LogP contribution in [0, 0.1) is 6.92 Å². The third kappa shape index (κ3) is 8.10. The molecule has 0 unspecified atom stereocenters. The molecule has 5 rings (SSSR count). The van der Waals surface area contributed by atoms with Gasteiger partial charge in [-0.15, -0.1) is 0 Å². The summed E-state index contributed by atoms with van der Waals surface area (Å²) in [5.41, 5.74) is 4.77. The number of anilines is 1. The molecule has 0 aromatic heterocycles. The van der Waals surface area contributed by atoms with Gasteiger partial charge in [0.05, 0.1) is 22.2 Å². The van der Waals surface area contributed by atoms with Crippen molar-refractivity contribution in [2.24, 2.45) is 5.10 Å². The van der Waals surface area contributed by atoms with Crippen molar-refractivity contribution in [2.45, 2.75) is 11.8 Å². The van der Waals surface area contributed by atoms with Gasteiger partial charge in [0, 0.05) is 22.9 Å². The Morgan fingerprint density at radius 3 is 1.87 bits per heavy atom. The Morgan fingerprint density at radius 1 is 0.674 bits per heavy atom. The Balaban J connectivity index is 1.28. The Morgan fingerprint density at radius 2 is 1.26 bits per heavy atom. The molecule has 0 aliphatic heterocycles. The van der Waals surface area contributed by atoms with E-state index < -0.39 is 27.9 Å². The lowest BCUT2D eigenvalue weighted by atomic mass is 10.2. The molecule has 0 spiro atoms.